The predicted molar refractivity (Wildman–Crippen MR) is 27.3 cm³/mol. The Morgan fingerprint density at radius 2 is 1.67 bits per heavy atom. The molecule has 0 aromatic rings. The zero-order valence-electron chi connectivity index (χ0n) is 4.27. The van der Waals surface area contributed by atoms with Crippen molar-refractivity contribution >= 4 is 0 Å². The summed E-state index contributed by atoms with van der Waals surface area (Å²) < 4.78 is 4.25. The summed E-state index contributed by atoms with van der Waals surface area (Å²) in [5.74, 6) is 0. The molecule has 0 fully saturated rings. The average Bonchev–Trinajstić information content (AvgIpc) is 1.39. The van der Waals surface area contributed by atoms with Crippen LogP contribution >= 0.6 is 0 Å². The molecule has 0 rings (SSSR count). The van der Waals surface area contributed by atoms with E-state index in [0.717, 1.165) is 0 Å². The molecule has 0 aromatic heterocycles. The van der Waals surface area contributed by atoms with Gasteiger partial charge in [0.1, 0.15) is 0 Å². The molecule has 38 valence electrons. The van der Waals surface area contributed by atoms with E-state index < -0.39 is 0 Å². The predicted octanol–water partition coefficient (Wildman–Crippen LogP) is 0.351. The Kier molecular flexibility index (Phi) is 37.1. The van der Waals surface area contributed by atoms with Gasteiger partial charge in [-0.25, -0.2) is 0 Å². The first-order valence-electron chi connectivity index (χ1n) is 1.56. The zero-order chi connectivity index (χ0) is 5.41. The fourth-order valence-corrected chi connectivity index (χ4v) is 0. The van der Waals surface area contributed by atoms with Gasteiger partial charge in [0.2, 0.25) is 0 Å². The molecular weight excluding hydrogens is 78.0 g/mol. The molecular formula is C4H11NO. The number of methoxy groups -OCH3 is 1. The Morgan fingerprint density at radius 3 is 1.67 bits per heavy atom. The van der Waals surface area contributed by atoms with E-state index in [1.165, 1.54) is 6.20 Å². The van der Waals surface area contributed by atoms with Crippen LogP contribution in [0.3, 0.4) is 0 Å². The van der Waals surface area contributed by atoms with Gasteiger partial charge in [-0.1, -0.05) is 6.58 Å². The van der Waals surface area contributed by atoms with Crippen molar-refractivity contribution in [3.63, 3.8) is 0 Å². The second kappa shape index (κ2) is 24.5. The van der Waals surface area contributed by atoms with E-state index in [1.54, 1.807) is 14.2 Å². The highest BCUT2D eigenvalue weighted by Gasteiger charge is 1.25. The van der Waals surface area contributed by atoms with E-state index in [1.807, 2.05) is 0 Å². The summed E-state index contributed by atoms with van der Waals surface area (Å²) in [7, 11) is 3.25. The van der Waals surface area contributed by atoms with Gasteiger partial charge < -0.3 is 10.5 Å². The molecule has 0 saturated heterocycles. The van der Waals surface area contributed by atoms with Gasteiger partial charge in [0.05, 0.1) is 0 Å². The fraction of sp³-hybridized carbons (Fsp3) is 0.500. The summed E-state index contributed by atoms with van der Waals surface area (Å²) in [4.78, 5) is 0. The van der Waals surface area contributed by atoms with Gasteiger partial charge in [-0.05, 0) is 6.20 Å². The number of rotatable bonds is 0. The summed E-state index contributed by atoms with van der Waals surface area (Å²) in [5.41, 5.74) is 4.61. The van der Waals surface area contributed by atoms with E-state index >= 15 is 0 Å². The van der Waals surface area contributed by atoms with Crippen molar-refractivity contribution in [3.05, 3.63) is 12.8 Å². The van der Waals surface area contributed by atoms with Crippen molar-refractivity contribution in [3.8, 4) is 0 Å². The zero-order valence-corrected chi connectivity index (χ0v) is 4.27. The Labute approximate surface area is 38.6 Å². The standard InChI is InChI=1S/C2H5N.C2H6O/c1-2-3;1-3-2/h2H,1,3H2;1-2H3. The average molecular weight is 89.1 g/mol. The normalized spacial score (nSPS) is 5.00. The van der Waals surface area contributed by atoms with Gasteiger partial charge in [0.15, 0.2) is 0 Å². The molecule has 0 unspecified atom stereocenters. The van der Waals surface area contributed by atoms with Gasteiger partial charge in [-0.3, -0.25) is 0 Å². The van der Waals surface area contributed by atoms with Gasteiger partial charge in [-0.2, -0.15) is 0 Å². The Morgan fingerprint density at radius 1 is 1.67 bits per heavy atom. The maximum Gasteiger partial charge on any atom is 0.0351 e. The number of nitrogens with two attached hydrogens (primary N) is 1. The highest BCUT2D eigenvalue weighted by molar-refractivity contribution is 4.48. The van der Waals surface area contributed by atoms with Crippen LogP contribution in [0.25, 0.3) is 0 Å². The lowest BCUT2D eigenvalue weighted by molar-refractivity contribution is 0.277. The molecule has 0 spiro atoms. The lowest BCUT2D eigenvalue weighted by Gasteiger charge is -1.61. The third kappa shape index (κ3) is 87.5. The third-order valence-corrected chi connectivity index (χ3v) is 0. The Bertz CT molecular complexity index is 21.5. The van der Waals surface area contributed by atoms with Crippen molar-refractivity contribution < 1.29 is 4.74 Å². The molecule has 2 N–H and O–H groups in total. The van der Waals surface area contributed by atoms with E-state index in [0.29, 0.717) is 0 Å². The molecule has 0 heterocycles. The molecule has 0 aromatic carbocycles. The second-order valence-corrected chi connectivity index (χ2v) is 0.644. The van der Waals surface area contributed by atoms with Crippen molar-refractivity contribution in [2.75, 3.05) is 14.2 Å². The van der Waals surface area contributed by atoms with Crippen molar-refractivity contribution in [2.45, 2.75) is 0 Å². The minimum atomic E-state index is 1.25. The van der Waals surface area contributed by atoms with Gasteiger partial charge in [0.25, 0.3) is 0 Å². The summed E-state index contributed by atoms with van der Waals surface area (Å²) >= 11 is 0. The molecule has 2 nitrogen and oxygen atoms in total. The minimum absolute atomic E-state index is 1.25. The third-order valence-electron chi connectivity index (χ3n) is 0. The van der Waals surface area contributed by atoms with E-state index in [-0.39, 0.29) is 0 Å². The van der Waals surface area contributed by atoms with Crippen LogP contribution in [0.2, 0.25) is 0 Å². The Hall–Kier alpha value is -0.500. The minimum Gasteiger partial charge on any atom is -0.405 e. The van der Waals surface area contributed by atoms with Crippen molar-refractivity contribution in [1.82, 2.24) is 0 Å². The molecule has 0 aliphatic heterocycles. The summed E-state index contributed by atoms with van der Waals surface area (Å²) in [6.45, 7) is 3.14. The first-order chi connectivity index (χ1) is 2.83. The van der Waals surface area contributed by atoms with Crippen molar-refractivity contribution in [2.24, 2.45) is 5.73 Å². The van der Waals surface area contributed by atoms with Crippen LogP contribution in [-0.4, -0.2) is 14.2 Å². The largest absolute Gasteiger partial charge is 0.405 e. The highest BCUT2D eigenvalue weighted by Crippen LogP contribution is 1.28. The monoisotopic (exact) mass is 89.1 g/mol. The summed E-state index contributed by atoms with van der Waals surface area (Å²) in [6, 6.07) is 0. The number of hydrogen-bond donors (Lipinski definition) is 1. The molecule has 6 heavy (non-hydrogen) atoms. The SMILES string of the molecule is C=CN.COC. The molecule has 0 atom stereocenters. The molecule has 0 saturated carbocycles. The van der Waals surface area contributed by atoms with Crippen LogP contribution in [0.1, 0.15) is 0 Å². The van der Waals surface area contributed by atoms with Crippen LogP contribution in [0.5, 0.6) is 0 Å². The van der Waals surface area contributed by atoms with E-state index in [2.05, 4.69) is 17.0 Å². The Balaban J connectivity index is 0. The van der Waals surface area contributed by atoms with Crippen LogP contribution in [0.4, 0.5) is 0 Å². The first kappa shape index (κ1) is 9.09. The maximum absolute atomic E-state index is 4.61. The number of hydrogen-bond acceptors (Lipinski definition) is 2. The van der Waals surface area contributed by atoms with E-state index in [9.17, 15) is 0 Å². The summed E-state index contributed by atoms with van der Waals surface area (Å²) in [6.07, 6.45) is 1.25. The first-order valence-corrected chi connectivity index (χ1v) is 1.56. The molecule has 0 amide bonds. The fourth-order valence-electron chi connectivity index (χ4n) is 0. The molecule has 0 bridgehead atoms. The molecule has 0 radical (unpaired) electrons. The van der Waals surface area contributed by atoms with Crippen LogP contribution < -0.4 is 5.73 Å². The van der Waals surface area contributed by atoms with Crippen LogP contribution in [-0.2, 0) is 4.74 Å². The van der Waals surface area contributed by atoms with Crippen LogP contribution in [0, 0.1) is 0 Å². The van der Waals surface area contributed by atoms with Crippen LogP contribution in [0.15, 0.2) is 12.8 Å². The smallest absolute Gasteiger partial charge is 0.0351 e. The van der Waals surface area contributed by atoms with E-state index in [4.69, 9.17) is 0 Å². The summed E-state index contributed by atoms with van der Waals surface area (Å²) in [5, 5.41) is 0. The maximum atomic E-state index is 4.61. The molecule has 0 aliphatic rings. The van der Waals surface area contributed by atoms with Gasteiger partial charge >= 0.3 is 0 Å². The number of ether oxygens (including phenoxy) is 1. The van der Waals surface area contributed by atoms with Gasteiger partial charge in [-0.15, -0.1) is 0 Å². The quantitative estimate of drug-likeness (QED) is 0.465. The second-order valence-electron chi connectivity index (χ2n) is 0.644. The molecule has 2 heteroatoms. The topological polar surface area (TPSA) is 35.2 Å². The lowest BCUT2D eigenvalue weighted by atomic mass is 11.1. The highest BCUT2D eigenvalue weighted by atomic mass is 16.4. The lowest BCUT2D eigenvalue weighted by Crippen LogP contribution is -1.67. The van der Waals surface area contributed by atoms with Crippen molar-refractivity contribution in [1.29, 1.82) is 0 Å². The van der Waals surface area contributed by atoms with Gasteiger partial charge in [0, 0.05) is 14.2 Å². The molecule has 0 aliphatic carbocycles.